The molecule has 0 fully saturated rings. The summed E-state index contributed by atoms with van der Waals surface area (Å²) in [7, 11) is 0. The van der Waals surface area contributed by atoms with E-state index in [0.717, 1.165) is 11.3 Å². The Hall–Kier alpha value is -0.870. The molecule has 0 aliphatic carbocycles. The first-order chi connectivity index (χ1) is 8.45. The van der Waals surface area contributed by atoms with Crippen LogP contribution in [0.2, 0.25) is 9.36 Å². The van der Waals surface area contributed by atoms with Crippen molar-refractivity contribution in [1.29, 1.82) is 0 Å². The van der Waals surface area contributed by atoms with Crippen molar-refractivity contribution in [3.05, 3.63) is 55.7 Å². The van der Waals surface area contributed by atoms with Crippen molar-refractivity contribution in [2.45, 2.75) is 12.5 Å². The highest BCUT2D eigenvalue weighted by Crippen LogP contribution is 2.39. The summed E-state index contributed by atoms with van der Waals surface area (Å²) in [5.41, 5.74) is -0.134. The van der Waals surface area contributed by atoms with Crippen LogP contribution in [-0.4, -0.2) is 11.4 Å². The molecule has 0 aliphatic rings. The molecule has 1 aromatic carbocycles. The predicted molar refractivity (Wildman–Crippen MR) is 74.8 cm³/mol. The summed E-state index contributed by atoms with van der Waals surface area (Å²) >= 11 is 13.1. The highest BCUT2D eigenvalue weighted by atomic mass is 35.5. The van der Waals surface area contributed by atoms with Gasteiger partial charge in [0.15, 0.2) is 6.29 Å². The normalized spacial score (nSPS) is 14.2. The molecule has 0 unspecified atom stereocenters. The van der Waals surface area contributed by atoms with Gasteiger partial charge in [-0.25, -0.2) is 0 Å². The molecule has 0 saturated heterocycles. The monoisotopic (exact) mass is 300 g/mol. The van der Waals surface area contributed by atoms with Gasteiger partial charge in [-0.2, -0.15) is 0 Å². The highest BCUT2D eigenvalue weighted by molar-refractivity contribution is 7.17. The van der Waals surface area contributed by atoms with Gasteiger partial charge in [0.2, 0.25) is 0 Å². The maximum Gasteiger partial charge on any atom is 0.160 e. The summed E-state index contributed by atoms with van der Waals surface area (Å²) in [6.07, 6.45) is 0.716. The fraction of sp³-hybridized carbons (Fsp3) is 0.154. The van der Waals surface area contributed by atoms with E-state index in [0.29, 0.717) is 31.6 Å². The van der Waals surface area contributed by atoms with E-state index >= 15 is 0 Å². The molecular weight excluding hydrogens is 291 g/mol. The second kappa shape index (κ2) is 5.02. The Kier molecular flexibility index (Phi) is 3.78. The number of thiophene rings is 1. The highest BCUT2D eigenvalue weighted by Gasteiger charge is 2.30. The van der Waals surface area contributed by atoms with E-state index in [9.17, 15) is 9.90 Å². The van der Waals surface area contributed by atoms with Crippen LogP contribution < -0.4 is 0 Å². The Morgan fingerprint density at radius 1 is 1.33 bits per heavy atom. The molecule has 0 bridgehead atoms. The molecule has 1 heterocycles. The van der Waals surface area contributed by atoms with Crippen LogP contribution in [0, 0.1) is 0 Å². The molecule has 0 saturated carbocycles. The lowest BCUT2D eigenvalue weighted by molar-refractivity contribution is 0.103. The number of benzene rings is 1. The van der Waals surface area contributed by atoms with Crippen LogP contribution in [0.5, 0.6) is 0 Å². The lowest BCUT2D eigenvalue weighted by atomic mass is 9.90. The number of aliphatic hydroxyl groups is 1. The minimum atomic E-state index is -1.28. The molecule has 18 heavy (non-hydrogen) atoms. The fourth-order valence-corrected chi connectivity index (χ4v) is 3.22. The standard InChI is InChI=1S/C13H10Cl2O2S/c1-13(17,8-3-2-4-9(14)5-8)11-6-10(7-16)18-12(11)15/h2-7,17H,1H3/t13-/m1/s1. The first kappa shape index (κ1) is 13.6. The Balaban J connectivity index is 2.53. The maximum absolute atomic E-state index is 10.7. The Morgan fingerprint density at radius 3 is 2.61 bits per heavy atom. The van der Waals surface area contributed by atoms with E-state index in [1.165, 1.54) is 0 Å². The summed E-state index contributed by atoms with van der Waals surface area (Å²) in [6.45, 7) is 1.63. The van der Waals surface area contributed by atoms with E-state index in [1.54, 1.807) is 37.3 Å². The molecule has 0 spiro atoms. The van der Waals surface area contributed by atoms with E-state index in [4.69, 9.17) is 23.2 Å². The molecule has 1 aromatic heterocycles. The maximum atomic E-state index is 10.7. The van der Waals surface area contributed by atoms with Gasteiger partial charge in [0.1, 0.15) is 5.60 Å². The number of aldehydes is 1. The zero-order chi connectivity index (χ0) is 13.3. The van der Waals surface area contributed by atoms with Crippen molar-refractivity contribution in [3.8, 4) is 0 Å². The quantitative estimate of drug-likeness (QED) is 0.866. The zero-order valence-corrected chi connectivity index (χ0v) is 11.8. The van der Waals surface area contributed by atoms with Gasteiger partial charge in [-0.05, 0) is 30.7 Å². The van der Waals surface area contributed by atoms with Crippen molar-refractivity contribution >= 4 is 40.8 Å². The molecule has 94 valence electrons. The van der Waals surface area contributed by atoms with Gasteiger partial charge in [0.05, 0.1) is 9.21 Å². The third kappa shape index (κ3) is 2.45. The van der Waals surface area contributed by atoms with Crippen LogP contribution in [0.1, 0.15) is 27.7 Å². The Labute approximate surface area is 119 Å². The number of hydrogen-bond acceptors (Lipinski definition) is 3. The summed E-state index contributed by atoms with van der Waals surface area (Å²) in [5.74, 6) is 0. The third-order valence-corrected chi connectivity index (χ3v) is 4.25. The number of halogens is 2. The Morgan fingerprint density at radius 2 is 2.06 bits per heavy atom. The molecule has 2 nitrogen and oxygen atoms in total. The molecule has 0 aliphatic heterocycles. The summed E-state index contributed by atoms with van der Waals surface area (Å²) < 4.78 is 0.405. The molecule has 2 aromatic rings. The van der Waals surface area contributed by atoms with Crippen LogP contribution in [0.3, 0.4) is 0 Å². The SMILES string of the molecule is C[C@@](O)(c1cccc(Cl)c1)c1cc(C=O)sc1Cl. The summed E-state index contributed by atoms with van der Waals surface area (Å²) in [5, 5.41) is 11.2. The van der Waals surface area contributed by atoms with Crippen molar-refractivity contribution in [1.82, 2.24) is 0 Å². The topological polar surface area (TPSA) is 37.3 Å². The number of carbonyl (C=O) groups excluding carboxylic acids is 1. The molecule has 2 rings (SSSR count). The molecule has 1 atom stereocenters. The number of carbonyl (C=O) groups is 1. The van der Waals surface area contributed by atoms with Gasteiger partial charge in [-0.3, -0.25) is 4.79 Å². The first-order valence-corrected chi connectivity index (χ1v) is 6.76. The van der Waals surface area contributed by atoms with E-state index in [1.807, 2.05) is 0 Å². The zero-order valence-electron chi connectivity index (χ0n) is 9.48. The van der Waals surface area contributed by atoms with Crippen molar-refractivity contribution in [2.75, 3.05) is 0 Å². The minimum Gasteiger partial charge on any atom is -0.381 e. The van der Waals surface area contributed by atoms with Gasteiger partial charge in [-0.1, -0.05) is 35.3 Å². The van der Waals surface area contributed by atoms with Crippen LogP contribution in [-0.2, 0) is 5.60 Å². The van der Waals surface area contributed by atoms with Crippen LogP contribution in [0.15, 0.2) is 30.3 Å². The van der Waals surface area contributed by atoms with E-state index < -0.39 is 5.60 Å². The summed E-state index contributed by atoms with van der Waals surface area (Å²) in [6, 6.07) is 8.53. The van der Waals surface area contributed by atoms with Gasteiger partial charge in [-0.15, -0.1) is 11.3 Å². The molecule has 5 heteroatoms. The second-order valence-electron chi connectivity index (χ2n) is 4.04. The number of rotatable bonds is 3. The van der Waals surface area contributed by atoms with Crippen LogP contribution >= 0.6 is 34.5 Å². The molecule has 0 amide bonds. The largest absolute Gasteiger partial charge is 0.381 e. The predicted octanol–water partition coefficient (Wildman–Crippen LogP) is 4.12. The van der Waals surface area contributed by atoms with E-state index in [-0.39, 0.29) is 0 Å². The molecule has 1 N–H and O–H groups in total. The first-order valence-electron chi connectivity index (χ1n) is 5.18. The van der Waals surface area contributed by atoms with Gasteiger partial charge in [0, 0.05) is 10.6 Å². The van der Waals surface area contributed by atoms with E-state index in [2.05, 4.69) is 0 Å². The van der Waals surface area contributed by atoms with Crippen molar-refractivity contribution in [3.63, 3.8) is 0 Å². The summed E-state index contributed by atoms with van der Waals surface area (Å²) in [4.78, 5) is 11.2. The van der Waals surface area contributed by atoms with Crippen LogP contribution in [0.4, 0.5) is 0 Å². The molecular formula is C13H10Cl2O2S. The average Bonchev–Trinajstić information content (AvgIpc) is 2.71. The van der Waals surface area contributed by atoms with Crippen molar-refractivity contribution < 1.29 is 9.90 Å². The van der Waals surface area contributed by atoms with Crippen LogP contribution in [0.25, 0.3) is 0 Å². The third-order valence-electron chi connectivity index (χ3n) is 2.73. The number of hydrogen-bond donors (Lipinski definition) is 1. The fourth-order valence-electron chi connectivity index (χ4n) is 1.72. The van der Waals surface area contributed by atoms with Gasteiger partial charge >= 0.3 is 0 Å². The molecule has 0 radical (unpaired) electrons. The van der Waals surface area contributed by atoms with Gasteiger partial charge < -0.3 is 5.11 Å². The second-order valence-corrected chi connectivity index (χ2v) is 6.16. The smallest absolute Gasteiger partial charge is 0.160 e. The minimum absolute atomic E-state index is 0.405. The average molecular weight is 301 g/mol. The lowest BCUT2D eigenvalue weighted by Crippen LogP contribution is -2.22. The lowest BCUT2D eigenvalue weighted by Gasteiger charge is -2.23. The van der Waals surface area contributed by atoms with Crippen molar-refractivity contribution in [2.24, 2.45) is 0 Å². The van der Waals surface area contributed by atoms with Gasteiger partial charge in [0.25, 0.3) is 0 Å². The Bertz CT molecular complexity index is 590.